The van der Waals surface area contributed by atoms with E-state index in [4.69, 9.17) is 4.74 Å². The first-order valence-corrected chi connectivity index (χ1v) is 16.4. The van der Waals surface area contributed by atoms with Crippen LogP contribution in [-0.4, -0.2) is 73.4 Å². The van der Waals surface area contributed by atoms with Crippen molar-refractivity contribution in [1.29, 1.82) is 0 Å². The van der Waals surface area contributed by atoms with Crippen molar-refractivity contribution in [2.45, 2.75) is 83.0 Å². The molecule has 41 heavy (non-hydrogen) atoms. The van der Waals surface area contributed by atoms with Gasteiger partial charge in [0.2, 0.25) is 10.0 Å². The number of sulfonamides is 1. The molecule has 1 aliphatic carbocycles. The number of aliphatic hydroxyl groups excluding tert-OH is 1. The fourth-order valence-corrected chi connectivity index (χ4v) is 6.12. The van der Waals surface area contributed by atoms with E-state index >= 15 is 0 Å². The van der Waals surface area contributed by atoms with Crippen LogP contribution in [0.2, 0.25) is 0 Å². The molecule has 3 N–H and O–H groups in total. The maximum absolute atomic E-state index is 13.2. The first kappa shape index (κ1) is 33.0. The number of anilines is 1. The molecule has 1 saturated heterocycles. The molecule has 2 aromatic rings. The number of nitrogens with one attached hydrogen (secondary N) is 2. The quantitative estimate of drug-likeness (QED) is 0.317. The number of halogens is 1. The minimum absolute atomic E-state index is 0. The van der Waals surface area contributed by atoms with Gasteiger partial charge in [-0.1, -0.05) is 38.3 Å². The summed E-state index contributed by atoms with van der Waals surface area (Å²) in [6, 6.07) is 14.9. The third kappa shape index (κ3) is 10.4. The predicted octanol–water partition coefficient (Wildman–Crippen LogP) is 5.35. The zero-order valence-electron chi connectivity index (χ0n) is 24.1. The van der Waals surface area contributed by atoms with E-state index in [1.54, 1.807) is 24.3 Å². The van der Waals surface area contributed by atoms with Gasteiger partial charge in [0.05, 0.1) is 18.4 Å². The van der Waals surface area contributed by atoms with Crippen LogP contribution in [-0.2, 0) is 16.6 Å². The van der Waals surface area contributed by atoms with Gasteiger partial charge in [0, 0.05) is 37.9 Å². The average molecular weight is 609 g/mol. The summed E-state index contributed by atoms with van der Waals surface area (Å²) < 4.78 is 31.1. The van der Waals surface area contributed by atoms with Crippen molar-refractivity contribution in [3.63, 3.8) is 0 Å². The average Bonchev–Trinajstić information content (AvgIpc) is 2.92. The molecule has 9 nitrogen and oxygen atoms in total. The number of piperidine rings is 1. The first-order valence-electron chi connectivity index (χ1n) is 14.5. The smallest absolute Gasteiger partial charge is 0.317 e. The number of ether oxygens (including phenoxy) is 1. The highest BCUT2D eigenvalue weighted by Gasteiger charge is 2.31. The fraction of sp³-hybridized carbons (Fsp3) is 0.567. The topological polar surface area (TPSA) is 111 Å². The summed E-state index contributed by atoms with van der Waals surface area (Å²) in [6.45, 7) is 5.61. The lowest BCUT2D eigenvalue weighted by Gasteiger charge is -2.40. The molecule has 0 unspecified atom stereocenters. The van der Waals surface area contributed by atoms with E-state index in [0.717, 1.165) is 83.8 Å². The highest BCUT2D eigenvalue weighted by molar-refractivity contribution is 7.92. The minimum Gasteiger partial charge on any atom is -0.457 e. The normalized spacial score (nSPS) is 20.1. The van der Waals surface area contributed by atoms with Gasteiger partial charge in [-0.15, -0.1) is 12.4 Å². The lowest BCUT2D eigenvalue weighted by molar-refractivity contribution is 0.0801. The van der Waals surface area contributed by atoms with Gasteiger partial charge in [0.1, 0.15) is 11.5 Å². The van der Waals surface area contributed by atoms with E-state index in [2.05, 4.69) is 34.0 Å². The number of urea groups is 1. The van der Waals surface area contributed by atoms with E-state index in [9.17, 15) is 18.3 Å². The van der Waals surface area contributed by atoms with E-state index in [-0.39, 0.29) is 30.5 Å². The van der Waals surface area contributed by atoms with Crippen molar-refractivity contribution < 1.29 is 23.1 Å². The van der Waals surface area contributed by atoms with Crippen molar-refractivity contribution in [1.82, 2.24) is 15.1 Å². The monoisotopic (exact) mass is 608 g/mol. The Kier molecular flexibility index (Phi) is 12.6. The zero-order chi connectivity index (χ0) is 28.5. The number of carbonyl (C=O) groups excluding carboxylic acids is 1. The van der Waals surface area contributed by atoms with Gasteiger partial charge in [-0.2, -0.15) is 0 Å². The second-order valence-electron chi connectivity index (χ2n) is 11.1. The second kappa shape index (κ2) is 15.6. The van der Waals surface area contributed by atoms with Crippen LogP contribution >= 0.6 is 12.4 Å². The summed E-state index contributed by atoms with van der Waals surface area (Å²) in [7, 11) is -3.31. The molecule has 2 aromatic carbocycles. The van der Waals surface area contributed by atoms with Crippen molar-refractivity contribution in [3.05, 3.63) is 54.1 Å². The van der Waals surface area contributed by atoms with E-state index in [1.165, 1.54) is 5.56 Å². The van der Waals surface area contributed by atoms with E-state index in [1.807, 2.05) is 17.0 Å². The van der Waals surface area contributed by atoms with Gasteiger partial charge in [0.25, 0.3) is 0 Å². The Morgan fingerprint density at radius 2 is 1.61 bits per heavy atom. The lowest BCUT2D eigenvalue weighted by atomic mass is 9.92. The molecular weight excluding hydrogens is 564 g/mol. The molecule has 1 heterocycles. The maximum atomic E-state index is 13.2. The summed E-state index contributed by atoms with van der Waals surface area (Å²) in [5.74, 6) is 1.34. The van der Waals surface area contributed by atoms with Crippen LogP contribution < -0.4 is 14.8 Å². The molecule has 2 amide bonds. The Labute approximate surface area is 251 Å². The van der Waals surface area contributed by atoms with Crippen LogP contribution in [0.4, 0.5) is 10.5 Å². The van der Waals surface area contributed by atoms with Crippen molar-refractivity contribution >= 4 is 34.1 Å². The van der Waals surface area contributed by atoms with Crippen molar-refractivity contribution in [3.8, 4) is 11.5 Å². The number of unbranched alkanes of at least 4 members (excludes halogenated alkanes) is 1. The molecule has 0 spiro atoms. The van der Waals surface area contributed by atoms with E-state index < -0.39 is 16.1 Å². The molecule has 1 saturated carbocycles. The highest BCUT2D eigenvalue weighted by Crippen LogP contribution is 2.25. The number of hydrogen-bond acceptors (Lipinski definition) is 6. The molecular formula is C30H45ClN4O5S. The molecule has 2 atom stereocenters. The van der Waals surface area contributed by atoms with Gasteiger partial charge in [-0.3, -0.25) is 9.62 Å². The fourth-order valence-electron chi connectivity index (χ4n) is 5.55. The number of hydrogen-bond donors (Lipinski definition) is 3. The zero-order valence-corrected chi connectivity index (χ0v) is 25.8. The molecule has 0 aromatic heterocycles. The van der Waals surface area contributed by atoms with Crippen LogP contribution in [0.3, 0.4) is 0 Å². The Morgan fingerprint density at radius 1 is 1.00 bits per heavy atom. The standard InChI is InChI=1S/C30H44N4O5S.ClH/c1-3-4-19-34(30(36)31-28-7-5-6-8-29(28)35)25-17-20-33(21-18-25)22-23-9-13-26(14-10-23)39-27-15-11-24(12-16-27)32-40(2,37)38;/h9-16,25,28-29,32,35H,3-8,17-22H2,1-2H3,(H,31,36);1H/t28-,29-;/m1./s1. The van der Waals surface area contributed by atoms with Crippen molar-refractivity contribution in [2.75, 3.05) is 30.6 Å². The van der Waals surface area contributed by atoms with Crippen LogP contribution in [0.1, 0.15) is 63.9 Å². The van der Waals surface area contributed by atoms with Gasteiger partial charge in [0.15, 0.2) is 0 Å². The number of rotatable bonds is 11. The Morgan fingerprint density at radius 3 is 2.20 bits per heavy atom. The summed E-state index contributed by atoms with van der Waals surface area (Å²) in [6.07, 6.45) is 8.29. The van der Waals surface area contributed by atoms with Crippen LogP contribution in [0, 0.1) is 0 Å². The Balaban J connectivity index is 0.00000462. The van der Waals surface area contributed by atoms with Crippen LogP contribution in [0.25, 0.3) is 0 Å². The minimum atomic E-state index is -3.31. The largest absolute Gasteiger partial charge is 0.457 e. The SMILES string of the molecule is CCCCN(C(=O)N[C@@H]1CCCC[C@H]1O)C1CCN(Cc2ccc(Oc3ccc(NS(C)(=O)=O)cc3)cc2)CC1.Cl. The number of amides is 2. The van der Waals surface area contributed by atoms with Gasteiger partial charge >= 0.3 is 6.03 Å². The molecule has 228 valence electrons. The molecule has 0 bridgehead atoms. The summed E-state index contributed by atoms with van der Waals surface area (Å²) in [5, 5.41) is 13.5. The summed E-state index contributed by atoms with van der Waals surface area (Å²) in [4.78, 5) is 17.7. The molecule has 11 heteroatoms. The predicted molar refractivity (Wildman–Crippen MR) is 165 cm³/mol. The lowest BCUT2D eigenvalue weighted by Crippen LogP contribution is -2.55. The third-order valence-corrected chi connectivity index (χ3v) is 8.38. The molecule has 4 rings (SSSR count). The maximum Gasteiger partial charge on any atom is 0.317 e. The van der Waals surface area contributed by atoms with Crippen LogP contribution in [0.15, 0.2) is 48.5 Å². The van der Waals surface area contributed by atoms with Crippen molar-refractivity contribution in [2.24, 2.45) is 0 Å². The first-order chi connectivity index (χ1) is 19.2. The molecule has 2 aliphatic rings. The summed E-state index contributed by atoms with van der Waals surface area (Å²) in [5.41, 5.74) is 1.69. The summed E-state index contributed by atoms with van der Waals surface area (Å²) >= 11 is 0. The third-order valence-electron chi connectivity index (χ3n) is 7.77. The van der Waals surface area contributed by atoms with Gasteiger partial charge in [-0.25, -0.2) is 13.2 Å². The highest BCUT2D eigenvalue weighted by atomic mass is 35.5. The molecule has 2 fully saturated rings. The van der Waals surface area contributed by atoms with Gasteiger partial charge < -0.3 is 20.1 Å². The van der Waals surface area contributed by atoms with E-state index in [0.29, 0.717) is 17.2 Å². The van der Waals surface area contributed by atoms with Gasteiger partial charge in [-0.05, 0) is 74.1 Å². The number of likely N-dealkylation sites (tertiary alicyclic amines) is 1. The molecule has 0 radical (unpaired) electrons. The van der Waals surface area contributed by atoms with Crippen LogP contribution in [0.5, 0.6) is 11.5 Å². The second-order valence-corrected chi connectivity index (χ2v) is 12.9. The number of nitrogens with zero attached hydrogens (tertiary/aromatic N) is 2. The number of carbonyl (C=O) groups is 1. The Bertz CT molecular complexity index is 1190. The Hall–Kier alpha value is -2.53. The molecule has 1 aliphatic heterocycles. The number of aliphatic hydroxyl groups is 1. The number of benzene rings is 2.